The predicted molar refractivity (Wildman–Crippen MR) is 145 cm³/mol. The van der Waals surface area contributed by atoms with Gasteiger partial charge in [-0.05, 0) is 59.2 Å². The highest BCUT2D eigenvalue weighted by Gasteiger charge is 2.21. The molecule has 1 atom stereocenters. The van der Waals surface area contributed by atoms with E-state index in [-0.39, 0.29) is 30.1 Å². The molecule has 0 saturated carbocycles. The molecule has 4 rings (SSSR count). The third kappa shape index (κ3) is 6.51. The summed E-state index contributed by atoms with van der Waals surface area (Å²) in [7, 11) is 0. The largest absolute Gasteiger partial charge is 0.507 e. The van der Waals surface area contributed by atoms with Gasteiger partial charge in [0.2, 0.25) is 5.91 Å². The van der Waals surface area contributed by atoms with Gasteiger partial charge in [0.1, 0.15) is 11.7 Å². The highest BCUT2D eigenvalue weighted by atomic mass is 35.5. The first-order valence-corrected chi connectivity index (χ1v) is 11.9. The summed E-state index contributed by atoms with van der Waals surface area (Å²) in [6.07, 6.45) is 0.153. The number of amides is 2. The first kappa shape index (κ1) is 25.4. The number of carbonyl (C=O) groups excluding carboxylic acids is 2. The van der Waals surface area contributed by atoms with E-state index < -0.39 is 11.8 Å². The zero-order valence-electron chi connectivity index (χ0n) is 19.7. The number of nitrogens with zero attached hydrogens (tertiary/aromatic N) is 2. The zero-order valence-corrected chi connectivity index (χ0v) is 20.4. The molecular formula is C29H23ClN4O3. The Morgan fingerprint density at radius 1 is 0.919 bits per heavy atom. The summed E-state index contributed by atoms with van der Waals surface area (Å²) >= 11 is 5.89. The Morgan fingerprint density at radius 3 is 2.24 bits per heavy atom. The van der Waals surface area contributed by atoms with Gasteiger partial charge in [-0.15, -0.1) is 0 Å². The van der Waals surface area contributed by atoms with Gasteiger partial charge in [-0.25, -0.2) is 5.43 Å². The number of fused-ring (bicyclic) bond motifs is 1. The maximum absolute atomic E-state index is 12.9. The number of rotatable bonds is 8. The Bertz CT molecular complexity index is 1500. The Balaban J connectivity index is 1.55. The minimum atomic E-state index is -0.782. The highest BCUT2D eigenvalue weighted by Crippen LogP contribution is 2.25. The molecule has 37 heavy (non-hydrogen) atoms. The summed E-state index contributed by atoms with van der Waals surface area (Å²) in [5.74, 6) is -1.88. The van der Waals surface area contributed by atoms with Crippen molar-refractivity contribution >= 4 is 45.6 Å². The van der Waals surface area contributed by atoms with Crippen LogP contribution in [0.25, 0.3) is 10.8 Å². The van der Waals surface area contributed by atoms with Crippen LogP contribution in [0.3, 0.4) is 0 Å². The van der Waals surface area contributed by atoms with Crippen molar-refractivity contribution in [3.63, 3.8) is 0 Å². The molecule has 184 valence electrons. The van der Waals surface area contributed by atoms with Crippen molar-refractivity contribution in [1.29, 1.82) is 5.26 Å². The number of nitriles is 1. The Morgan fingerprint density at radius 2 is 1.57 bits per heavy atom. The van der Waals surface area contributed by atoms with E-state index in [9.17, 15) is 20.0 Å². The molecule has 0 aromatic heterocycles. The fraction of sp³-hybridized carbons (Fsp3) is 0.103. The number of aromatic hydroxyl groups is 1. The first-order chi connectivity index (χ1) is 17.9. The van der Waals surface area contributed by atoms with E-state index in [1.807, 2.05) is 30.3 Å². The van der Waals surface area contributed by atoms with E-state index >= 15 is 0 Å². The number of benzene rings is 4. The molecule has 0 aliphatic rings. The number of halogens is 1. The molecule has 0 fully saturated rings. The second kappa shape index (κ2) is 11.8. The lowest BCUT2D eigenvalue weighted by atomic mass is 9.93. The van der Waals surface area contributed by atoms with Crippen LogP contribution in [0.15, 0.2) is 96.1 Å². The zero-order chi connectivity index (χ0) is 26.2. The van der Waals surface area contributed by atoms with Gasteiger partial charge in [0.05, 0.1) is 17.3 Å². The highest BCUT2D eigenvalue weighted by molar-refractivity contribution is 6.30. The monoisotopic (exact) mass is 510 g/mol. The van der Waals surface area contributed by atoms with Gasteiger partial charge in [0, 0.05) is 17.1 Å². The summed E-state index contributed by atoms with van der Waals surface area (Å²) < 4.78 is 0. The van der Waals surface area contributed by atoms with Crippen molar-refractivity contribution in [3.8, 4) is 11.8 Å². The SMILES string of the molecule is N#CC(/C(CCC(=O)Nc1ccc(Cl)cc1)=N/NC(=O)c1cc2ccccc2cc1O)c1ccccc1. The topological polar surface area (TPSA) is 115 Å². The fourth-order valence-electron chi connectivity index (χ4n) is 3.84. The number of nitrogens with one attached hydrogen (secondary N) is 2. The lowest BCUT2D eigenvalue weighted by Crippen LogP contribution is -2.23. The van der Waals surface area contributed by atoms with Gasteiger partial charge in [0.25, 0.3) is 5.91 Å². The Kier molecular flexibility index (Phi) is 8.14. The van der Waals surface area contributed by atoms with Crippen LogP contribution in [0.1, 0.15) is 34.7 Å². The van der Waals surface area contributed by atoms with Crippen LogP contribution in [0.2, 0.25) is 5.02 Å². The molecule has 2 amide bonds. The van der Waals surface area contributed by atoms with E-state index in [0.29, 0.717) is 22.0 Å². The average molecular weight is 511 g/mol. The minimum absolute atomic E-state index is 0.0313. The number of carbonyl (C=O) groups is 2. The maximum Gasteiger partial charge on any atom is 0.275 e. The normalized spacial score (nSPS) is 11.9. The Hall–Kier alpha value is -4.67. The van der Waals surface area contributed by atoms with Crippen molar-refractivity contribution in [2.75, 3.05) is 5.32 Å². The van der Waals surface area contributed by atoms with Crippen LogP contribution < -0.4 is 10.7 Å². The van der Waals surface area contributed by atoms with Gasteiger partial charge < -0.3 is 10.4 Å². The van der Waals surface area contributed by atoms with E-state index in [4.69, 9.17) is 11.6 Å². The predicted octanol–water partition coefficient (Wildman–Crippen LogP) is 6.01. The molecule has 0 aliphatic heterocycles. The molecule has 4 aromatic carbocycles. The van der Waals surface area contributed by atoms with Crippen molar-refractivity contribution in [3.05, 3.63) is 107 Å². The number of anilines is 1. The van der Waals surface area contributed by atoms with Gasteiger partial charge in [-0.2, -0.15) is 10.4 Å². The molecule has 0 bridgehead atoms. The van der Waals surface area contributed by atoms with E-state index in [1.54, 1.807) is 54.6 Å². The molecule has 0 spiro atoms. The standard InChI is InChI=1S/C29H23ClN4O3/c30-22-10-12-23(13-11-22)32-28(36)15-14-26(25(18-31)19-6-2-1-3-7-19)33-34-29(37)24-16-20-8-4-5-9-21(20)17-27(24)35/h1-13,16-17,25,35H,14-15H2,(H,32,36)(H,34,37)/b33-26+. The van der Waals surface area contributed by atoms with Crippen LogP contribution in [0.4, 0.5) is 5.69 Å². The molecule has 8 heteroatoms. The van der Waals surface area contributed by atoms with Crippen LogP contribution >= 0.6 is 11.6 Å². The number of phenolic OH excluding ortho intramolecular Hbond substituents is 1. The van der Waals surface area contributed by atoms with Crippen molar-refractivity contribution < 1.29 is 14.7 Å². The summed E-state index contributed by atoms with van der Waals surface area (Å²) in [6.45, 7) is 0. The molecule has 1 unspecified atom stereocenters. The molecule has 0 saturated heterocycles. The summed E-state index contributed by atoms with van der Waals surface area (Å²) in [5, 5.41) is 29.5. The van der Waals surface area contributed by atoms with Crippen LogP contribution in [0, 0.1) is 11.3 Å². The smallest absolute Gasteiger partial charge is 0.275 e. The molecule has 4 aromatic rings. The van der Waals surface area contributed by atoms with E-state index in [1.165, 1.54) is 6.07 Å². The molecular weight excluding hydrogens is 488 g/mol. The lowest BCUT2D eigenvalue weighted by Gasteiger charge is -2.14. The van der Waals surface area contributed by atoms with Crippen LogP contribution in [-0.2, 0) is 4.79 Å². The average Bonchev–Trinajstić information content (AvgIpc) is 2.91. The first-order valence-electron chi connectivity index (χ1n) is 11.5. The summed E-state index contributed by atoms with van der Waals surface area (Å²) in [5.41, 5.74) is 4.10. The number of phenols is 1. The number of hydrogen-bond donors (Lipinski definition) is 3. The van der Waals surface area contributed by atoms with Crippen LogP contribution in [0.5, 0.6) is 5.75 Å². The van der Waals surface area contributed by atoms with Crippen LogP contribution in [-0.4, -0.2) is 22.6 Å². The number of hydrazone groups is 1. The third-order valence-electron chi connectivity index (χ3n) is 5.74. The second-order valence-corrected chi connectivity index (χ2v) is 8.72. The molecule has 0 radical (unpaired) electrons. The lowest BCUT2D eigenvalue weighted by molar-refractivity contribution is -0.116. The Labute approximate surface area is 219 Å². The van der Waals surface area contributed by atoms with Crippen molar-refractivity contribution in [1.82, 2.24) is 5.43 Å². The second-order valence-electron chi connectivity index (χ2n) is 8.29. The minimum Gasteiger partial charge on any atom is -0.507 e. The van der Waals surface area contributed by atoms with Gasteiger partial charge in [-0.3, -0.25) is 9.59 Å². The van der Waals surface area contributed by atoms with Gasteiger partial charge in [-0.1, -0.05) is 66.2 Å². The van der Waals surface area contributed by atoms with Gasteiger partial charge >= 0.3 is 0 Å². The summed E-state index contributed by atoms with van der Waals surface area (Å²) in [4.78, 5) is 25.5. The quantitative estimate of drug-likeness (QED) is 0.199. The summed E-state index contributed by atoms with van der Waals surface area (Å²) in [6, 6.07) is 28.4. The van der Waals surface area contributed by atoms with Crippen molar-refractivity contribution in [2.45, 2.75) is 18.8 Å². The molecule has 7 nitrogen and oxygen atoms in total. The van der Waals surface area contributed by atoms with E-state index in [2.05, 4.69) is 21.9 Å². The maximum atomic E-state index is 12.9. The third-order valence-corrected chi connectivity index (χ3v) is 5.99. The fourth-order valence-corrected chi connectivity index (χ4v) is 3.97. The molecule has 3 N–H and O–H groups in total. The number of hydrogen-bond acceptors (Lipinski definition) is 5. The molecule has 0 heterocycles. The van der Waals surface area contributed by atoms with E-state index in [0.717, 1.165) is 10.8 Å². The van der Waals surface area contributed by atoms with Gasteiger partial charge in [0.15, 0.2) is 0 Å². The van der Waals surface area contributed by atoms with Crippen molar-refractivity contribution in [2.24, 2.45) is 5.10 Å². The molecule has 0 aliphatic carbocycles.